The van der Waals surface area contributed by atoms with Crippen molar-refractivity contribution >= 4 is 17.7 Å². The van der Waals surface area contributed by atoms with Crippen LogP contribution in [0.15, 0.2) is 11.1 Å². The summed E-state index contributed by atoms with van der Waals surface area (Å²) < 4.78 is 0. The van der Waals surface area contributed by atoms with E-state index in [9.17, 15) is 5.11 Å². The quantitative estimate of drug-likeness (QED) is 0.583. The standard InChI is InChI=1S/C9H15N3OS/c1-5-4-8(12-9(10)11-5)14-7(3)6(2)13/h4,6-7,13H,1-3H3,(H2,10,11,12). The number of thioether (sulfide) groups is 1. The van der Waals surface area contributed by atoms with Gasteiger partial charge in [0.05, 0.1) is 6.10 Å². The Labute approximate surface area is 88.0 Å². The lowest BCUT2D eigenvalue weighted by Crippen LogP contribution is -2.15. The largest absolute Gasteiger partial charge is 0.392 e. The maximum absolute atomic E-state index is 9.33. The molecule has 2 atom stereocenters. The lowest BCUT2D eigenvalue weighted by atomic mass is 10.3. The average molecular weight is 213 g/mol. The Balaban J connectivity index is 2.76. The van der Waals surface area contributed by atoms with Crippen LogP contribution in [0.5, 0.6) is 0 Å². The fourth-order valence-electron chi connectivity index (χ4n) is 0.911. The van der Waals surface area contributed by atoms with Gasteiger partial charge in [0.2, 0.25) is 5.95 Å². The smallest absolute Gasteiger partial charge is 0.221 e. The van der Waals surface area contributed by atoms with Gasteiger partial charge in [0.1, 0.15) is 5.03 Å². The highest BCUT2D eigenvalue weighted by molar-refractivity contribution is 7.99. The van der Waals surface area contributed by atoms with Gasteiger partial charge in [0.15, 0.2) is 0 Å². The zero-order chi connectivity index (χ0) is 10.7. The number of nitrogens with zero attached hydrogens (tertiary/aromatic N) is 2. The first kappa shape index (κ1) is 11.3. The van der Waals surface area contributed by atoms with Gasteiger partial charge in [-0.05, 0) is 19.9 Å². The van der Waals surface area contributed by atoms with Crippen molar-refractivity contribution in [2.45, 2.75) is 37.2 Å². The van der Waals surface area contributed by atoms with Crippen molar-refractivity contribution in [1.29, 1.82) is 0 Å². The molecule has 1 aromatic rings. The number of hydrogen-bond donors (Lipinski definition) is 2. The topological polar surface area (TPSA) is 72.0 Å². The molecule has 0 amide bonds. The molecule has 0 radical (unpaired) electrons. The Morgan fingerprint density at radius 3 is 2.57 bits per heavy atom. The number of aryl methyl sites for hydroxylation is 1. The fourth-order valence-corrected chi connectivity index (χ4v) is 1.87. The molecule has 0 aliphatic carbocycles. The van der Waals surface area contributed by atoms with Crippen LogP contribution in [-0.2, 0) is 0 Å². The summed E-state index contributed by atoms with van der Waals surface area (Å²) in [5, 5.41) is 10.2. The van der Waals surface area contributed by atoms with Crippen LogP contribution >= 0.6 is 11.8 Å². The van der Waals surface area contributed by atoms with Crippen molar-refractivity contribution in [1.82, 2.24) is 9.97 Å². The third-order valence-electron chi connectivity index (χ3n) is 1.83. The maximum Gasteiger partial charge on any atom is 0.221 e. The summed E-state index contributed by atoms with van der Waals surface area (Å²) in [6.45, 7) is 5.58. The van der Waals surface area contributed by atoms with Crippen LogP contribution in [0.2, 0.25) is 0 Å². The van der Waals surface area contributed by atoms with E-state index in [4.69, 9.17) is 5.73 Å². The summed E-state index contributed by atoms with van der Waals surface area (Å²) >= 11 is 1.50. The third-order valence-corrected chi connectivity index (χ3v) is 3.05. The first-order valence-electron chi connectivity index (χ1n) is 4.45. The van der Waals surface area contributed by atoms with Gasteiger partial charge >= 0.3 is 0 Å². The molecule has 14 heavy (non-hydrogen) atoms. The Kier molecular flexibility index (Phi) is 3.71. The van der Waals surface area contributed by atoms with Crippen LogP contribution in [0.3, 0.4) is 0 Å². The third kappa shape index (κ3) is 3.16. The van der Waals surface area contributed by atoms with Crippen molar-refractivity contribution in [3.05, 3.63) is 11.8 Å². The number of aromatic nitrogens is 2. The molecule has 4 nitrogen and oxygen atoms in total. The summed E-state index contributed by atoms with van der Waals surface area (Å²) in [5.41, 5.74) is 6.36. The number of nitrogens with two attached hydrogens (primary N) is 1. The Bertz CT molecular complexity index is 297. The minimum Gasteiger partial charge on any atom is -0.392 e. The zero-order valence-corrected chi connectivity index (χ0v) is 9.38. The number of nitrogen functional groups attached to an aromatic ring is 1. The molecule has 0 fully saturated rings. The first-order chi connectivity index (χ1) is 6.49. The van der Waals surface area contributed by atoms with Crippen LogP contribution in [0.1, 0.15) is 19.5 Å². The number of rotatable bonds is 3. The van der Waals surface area contributed by atoms with Gasteiger partial charge in [0, 0.05) is 10.9 Å². The van der Waals surface area contributed by atoms with Gasteiger partial charge in [-0.1, -0.05) is 6.92 Å². The monoisotopic (exact) mass is 213 g/mol. The highest BCUT2D eigenvalue weighted by Crippen LogP contribution is 2.24. The summed E-state index contributed by atoms with van der Waals surface area (Å²) in [7, 11) is 0. The van der Waals surface area contributed by atoms with Crippen molar-refractivity contribution < 1.29 is 5.11 Å². The number of aliphatic hydroxyl groups excluding tert-OH is 1. The highest BCUT2D eigenvalue weighted by atomic mass is 32.2. The average Bonchev–Trinajstić information content (AvgIpc) is 2.01. The van der Waals surface area contributed by atoms with Gasteiger partial charge < -0.3 is 10.8 Å². The van der Waals surface area contributed by atoms with Crippen LogP contribution in [-0.4, -0.2) is 26.4 Å². The molecule has 3 N–H and O–H groups in total. The molecular formula is C9H15N3OS. The number of aliphatic hydroxyl groups is 1. The highest BCUT2D eigenvalue weighted by Gasteiger charge is 2.11. The molecule has 1 aromatic heterocycles. The zero-order valence-electron chi connectivity index (χ0n) is 8.56. The van der Waals surface area contributed by atoms with Crippen LogP contribution in [0.4, 0.5) is 5.95 Å². The second-order valence-electron chi connectivity index (χ2n) is 3.27. The van der Waals surface area contributed by atoms with Crippen molar-refractivity contribution in [2.75, 3.05) is 5.73 Å². The van der Waals surface area contributed by atoms with Gasteiger partial charge in [-0.15, -0.1) is 11.8 Å². The summed E-state index contributed by atoms with van der Waals surface area (Å²) in [5.74, 6) is 0.283. The molecule has 0 aliphatic rings. The van der Waals surface area contributed by atoms with Gasteiger partial charge in [-0.3, -0.25) is 0 Å². The van der Waals surface area contributed by atoms with Crippen LogP contribution in [0, 0.1) is 6.92 Å². The van der Waals surface area contributed by atoms with Crippen molar-refractivity contribution in [2.24, 2.45) is 0 Å². The first-order valence-corrected chi connectivity index (χ1v) is 5.33. The molecule has 0 aromatic carbocycles. The van der Waals surface area contributed by atoms with E-state index in [1.54, 1.807) is 6.92 Å². The van der Waals surface area contributed by atoms with Gasteiger partial charge in [0.25, 0.3) is 0 Å². The SMILES string of the molecule is Cc1cc(SC(C)C(C)O)nc(N)n1. The maximum atomic E-state index is 9.33. The molecular weight excluding hydrogens is 198 g/mol. The second kappa shape index (κ2) is 4.61. The second-order valence-corrected chi connectivity index (χ2v) is 4.67. The normalized spacial score (nSPS) is 15.1. The molecule has 0 aliphatic heterocycles. The molecule has 0 saturated heterocycles. The molecule has 78 valence electrons. The fraction of sp³-hybridized carbons (Fsp3) is 0.556. The van der Waals surface area contributed by atoms with E-state index in [2.05, 4.69) is 9.97 Å². The summed E-state index contributed by atoms with van der Waals surface area (Å²) in [6, 6.07) is 1.86. The lowest BCUT2D eigenvalue weighted by molar-refractivity contribution is 0.196. The Morgan fingerprint density at radius 2 is 2.07 bits per heavy atom. The Morgan fingerprint density at radius 1 is 1.43 bits per heavy atom. The van der Waals surface area contributed by atoms with Crippen LogP contribution < -0.4 is 5.73 Å². The molecule has 2 unspecified atom stereocenters. The van der Waals surface area contributed by atoms with E-state index in [-0.39, 0.29) is 17.3 Å². The predicted molar refractivity (Wildman–Crippen MR) is 58.2 cm³/mol. The summed E-state index contributed by atoms with van der Waals surface area (Å²) in [6.07, 6.45) is -0.364. The van der Waals surface area contributed by atoms with E-state index in [0.29, 0.717) is 0 Å². The van der Waals surface area contributed by atoms with Crippen molar-refractivity contribution in [3.63, 3.8) is 0 Å². The van der Waals surface area contributed by atoms with E-state index in [0.717, 1.165) is 10.7 Å². The summed E-state index contributed by atoms with van der Waals surface area (Å²) in [4.78, 5) is 8.05. The van der Waals surface area contributed by atoms with Crippen LogP contribution in [0.25, 0.3) is 0 Å². The molecule has 0 bridgehead atoms. The van der Waals surface area contributed by atoms with E-state index in [1.165, 1.54) is 11.8 Å². The van der Waals surface area contributed by atoms with E-state index < -0.39 is 0 Å². The predicted octanol–water partition coefficient (Wildman–Crippen LogP) is 1.23. The molecule has 1 rings (SSSR count). The molecule has 5 heteroatoms. The molecule has 1 heterocycles. The van der Waals surface area contributed by atoms with Gasteiger partial charge in [-0.2, -0.15) is 0 Å². The minimum atomic E-state index is -0.364. The Hall–Kier alpha value is -0.810. The molecule has 0 saturated carbocycles. The van der Waals surface area contributed by atoms with Gasteiger partial charge in [-0.25, -0.2) is 9.97 Å². The van der Waals surface area contributed by atoms with E-state index >= 15 is 0 Å². The van der Waals surface area contributed by atoms with Crippen molar-refractivity contribution in [3.8, 4) is 0 Å². The number of hydrogen-bond acceptors (Lipinski definition) is 5. The minimum absolute atomic E-state index is 0.101. The number of anilines is 1. The lowest BCUT2D eigenvalue weighted by Gasteiger charge is -2.13. The van der Waals surface area contributed by atoms with E-state index in [1.807, 2.05) is 19.9 Å². The molecule has 0 spiro atoms.